The molecule has 0 bridgehead atoms. The van der Waals surface area contributed by atoms with E-state index in [1.54, 1.807) is 7.11 Å². The minimum absolute atomic E-state index is 0. The van der Waals surface area contributed by atoms with Gasteiger partial charge in [0.05, 0.1) is 7.11 Å². The molecule has 6 heteroatoms. The summed E-state index contributed by atoms with van der Waals surface area (Å²) in [5.74, 6) is 1.39. The number of hydrogen-bond donors (Lipinski definition) is 1. The molecular formula is C20H29ClN2O3. The molecule has 2 atom stereocenters. The number of benzene rings is 1. The fourth-order valence-electron chi connectivity index (χ4n) is 3.97. The summed E-state index contributed by atoms with van der Waals surface area (Å²) in [6.45, 7) is 4.45. The Balaban J connectivity index is 0.00000243. The van der Waals surface area contributed by atoms with Crippen LogP contribution in [0, 0.1) is 11.8 Å². The minimum Gasteiger partial charge on any atom is -0.497 e. The molecule has 2 aliphatic heterocycles. The Hall–Kier alpha value is -1.59. The first-order valence-corrected chi connectivity index (χ1v) is 9.29. The summed E-state index contributed by atoms with van der Waals surface area (Å²) >= 11 is 0. The molecule has 0 aliphatic carbocycles. The fraction of sp³-hybridized carbons (Fsp3) is 0.600. The molecule has 26 heavy (non-hydrogen) atoms. The molecule has 0 radical (unpaired) electrons. The van der Waals surface area contributed by atoms with Crippen LogP contribution in [0.25, 0.3) is 0 Å². The number of ether oxygens (including phenoxy) is 1. The summed E-state index contributed by atoms with van der Waals surface area (Å²) in [7, 11) is 1.62. The summed E-state index contributed by atoms with van der Waals surface area (Å²) in [6.07, 6.45) is 3.37. The molecule has 0 saturated carbocycles. The SMILES string of the molecule is COc1ccc(C(=O)C2CCN(C(=O)[C@H]3CCN[C@@H](C)C3)CC2)cc1.Cl. The van der Waals surface area contributed by atoms with Crippen LogP contribution in [0.15, 0.2) is 24.3 Å². The molecule has 1 aromatic rings. The summed E-state index contributed by atoms with van der Waals surface area (Å²) in [5.41, 5.74) is 0.734. The Morgan fingerprint density at radius 3 is 2.31 bits per heavy atom. The van der Waals surface area contributed by atoms with Crippen molar-refractivity contribution < 1.29 is 14.3 Å². The normalized spacial score (nSPS) is 23.8. The van der Waals surface area contributed by atoms with Gasteiger partial charge in [-0.15, -0.1) is 12.4 Å². The van der Waals surface area contributed by atoms with Crippen molar-refractivity contribution in [2.45, 2.75) is 38.6 Å². The zero-order chi connectivity index (χ0) is 17.8. The first kappa shape index (κ1) is 20.7. The first-order chi connectivity index (χ1) is 12.1. The zero-order valence-electron chi connectivity index (χ0n) is 15.6. The van der Waals surface area contributed by atoms with Gasteiger partial charge in [-0.2, -0.15) is 0 Å². The molecule has 1 amide bonds. The van der Waals surface area contributed by atoms with E-state index in [-0.39, 0.29) is 35.9 Å². The number of carbonyl (C=O) groups is 2. The lowest BCUT2D eigenvalue weighted by Crippen LogP contribution is -2.47. The maximum absolute atomic E-state index is 12.7. The second kappa shape index (κ2) is 9.38. The van der Waals surface area contributed by atoms with E-state index in [2.05, 4.69) is 12.2 Å². The molecule has 144 valence electrons. The van der Waals surface area contributed by atoms with Crippen molar-refractivity contribution in [3.05, 3.63) is 29.8 Å². The van der Waals surface area contributed by atoms with Crippen LogP contribution in [-0.2, 0) is 4.79 Å². The van der Waals surface area contributed by atoms with E-state index in [0.717, 1.165) is 43.5 Å². The quantitative estimate of drug-likeness (QED) is 0.816. The van der Waals surface area contributed by atoms with Crippen molar-refractivity contribution in [2.75, 3.05) is 26.7 Å². The van der Waals surface area contributed by atoms with Crippen LogP contribution in [-0.4, -0.2) is 49.4 Å². The number of likely N-dealkylation sites (tertiary alicyclic amines) is 1. The summed E-state index contributed by atoms with van der Waals surface area (Å²) < 4.78 is 5.14. The topological polar surface area (TPSA) is 58.6 Å². The number of nitrogens with zero attached hydrogens (tertiary/aromatic N) is 1. The highest BCUT2D eigenvalue weighted by Crippen LogP contribution is 2.26. The van der Waals surface area contributed by atoms with Crippen molar-refractivity contribution in [3.8, 4) is 5.75 Å². The highest BCUT2D eigenvalue weighted by atomic mass is 35.5. The van der Waals surface area contributed by atoms with E-state index >= 15 is 0 Å². The number of halogens is 1. The summed E-state index contributed by atoms with van der Waals surface area (Å²) in [5, 5.41) is 3.39. The maximum atomic E-state index is 12.7. The van der Waals surface area contributed by atoms with E-state index in [1.165, 1.54) is 0 Å². The fourth-order valence-corrected chi connectivity index (χ4v) is 3.97. The molecule has 2 aliphatic rings. The molecule has 2 heterocycles. The van der Waals surface area contributed by atoms with Gasteiger partial charge in [0.1, 0.15) is 5.75 Å². The van der Waals surface area contributed by atoms with Crippen molar-refractivity contribution >= 4 is 24.1 Å². The molecule has 2 fully saturated rings. The van der Waals surface area contributed by atoms with Crippen molar-refractivity contribution in [1.29, 1.82) is 0 Å². The van der Waals surface area contributed by atoms with Gasteiger partial charge in [0.15, 0.2) is 5.78 Å². The van der Waals surface area contributed by atoms with E-state index in [1.807, 2.05) is 29.2 Å². The predicted molar refractivity (Wildman–Crippen MR) is 104 cm³/mol. The lowest BCUT2D eigenvalue weighted by atomic mass is 9.87. The number of Topliss-reactive ketones (excluding diaryl/α,β-unsaturated/α-hetero) is 1. The van der Waals surface area contributed by atoms with Crippen LogP contribution < -0.4 is 10.1 Å². The van der Waals surface area contributed by atoms with Crippen LogP contribution in [0.1, 0.15) is 43.0 Å². The second-order valence-electron chi connectivity index (χ2n) is 7.27. The third kappa shape index (κ3) is 4.77. The van der Waals surface area contributed by atoms with Gasteiger partial charge in [0.2, 0.25) is 5.91 Å². The highest BCUT2D eigenvalue weighted by Gasteiger charge is 2.32. The highest BCUT2D eigenvalue weighted by molar-refractivity contribution is 5.98. The van der Waals surface area contributed by atoms with Gasteiger partial charge >= 0.3 is 0 Å². The van der Waals surface area contributed by atoms with Crippen LogP contribution >= 0.6 is 12.4 Å². The van der Waals surface area contributed by atoms with Gasteiger partial charge in [-0.3, -0.25) is 9.59 Å². The Bertz CT molecular complexity index is 612. The zero-order valence-corrected chi connectivity index (χ0v) is 16.4. The van der Waals surface area contributed by atoms with Crippen molar-refractivity contribution in [3.63, 3.8) is 0 Å². The molecule has 1 aromatic carbocycles. The monoisotopic (exact) mass is 380 g/mol. The van der Waals surface area contributed by atoms with E-state index in [9.17, 15) is 9.59 Å². The number of ketones is 1. The van der Waals surface area contributed by atoms with E-state index in [0.29, 0.717) is 19.1 Å². The third-order valence-corrected chi connectivity index (χ3v) is 5.52. The number of rotatable bonds is 4. The molecule has 0 unspecified atom stereocenters. The minimum atomic E-state index is 0. The number of methoxy groups -OCH3 is 1. The second-order valence-corrected chi connectivity index (χ2v) is 7.27. The van der Waals surface area contributed by atoms with Crippen LogP contribution in [0.4, 0.5) is 0 Å². The number of hydrogen-bond acceptors (Lipinski definition) is 4. The molecule has 2 saturated heterocycles. The number of nitrogens with one attached hydrogen (secondary N) is 1. The lowest BCUT2D eigenvalue weighted by molar-refractivity contribution is -0.138. The average molecular weight is 381 g/mol. The molecular weight excluding hydrogens is 352 g/mol. The van der Waals surface area contributed by atoms with Crippen LogP contribution in [0.2, 0.25) is 0 Å². The number of carbonyl (C=O) groups excluding carboxylic acids is 2. The number of amides is 1. The maximum Gasteiger partial charge on any atom is 0.225 e. The van der Waals surface area contributed by atoms with Crippen LogP contribution in [0.3, 0.4) is 0 Å². The third-order valence-electron chi connectivity index (χ3n) is 5.52. The Kier molecular flexibility index (Phi) is 7.47. The predicted octanol–water partition coefficient (Wildman–Crippen LogP) is 2.93. The van der Waals surface area contributed by atoms with Crippen LogP contribution in [0.5, 0.6) is 5.75 Å². The van der Waals surface area contributed by atoms with Crippen molar-refractivity contribution in [1.82, 2.24) is 10.2 Å². The van der Waals surface area contributed by atoms with Gasteiger partial charge in [-0.1, -0.05) is 0 Å². The lowest BCUT2D eigenvalue weighted by Gasteiger charge is -2.36. The Morgan fingerprint density at radius 1 is 1.08 bits per heavy atom. The van der Waals surface area contributed by atoms with Gasteiger partial charge in [-0.05, 0) is 63.4 Å². The summed E-state index contributed by atoms with van der Waals surface area (Å²) in [4.78, 5) is 27.4. The molecule has 5 nitrogen and oxygen atoms in total. The number of piperidine rings is 2. The smallest absolute Gasteiger partial charge is 0.225 e. The van der Waals surface area contributed by atoms with Gasteiger partial charge < -0.3 is 15.0 Å². The molecule has 1 N–H and O–H groups in total. The van der Waals surface area contributed by atoms with E-state index < -0.39 is 0 Å². The Morgan fingerprint density at radius 2 is 1.73 bits per heavy atom. The molecule has 0 spiro atoms. The van der Waals surface area contributed by atoms with Crippen molar-refractivity contribution in [2.24, 2.45) is 11.8 Å². The van der Waals surface area contributed by atoms with Gasteiger partial charge in [0, 0.05) is 36.5 Å². The van der Waals surface area contributed by atoms with E-state index in [4.69, 9.17) is 4.74 Å². The Labute approximate surface area is 161 Å². The standard InChI is InChI=1S/C20H28N2O3.ClH/c1-14-13-17(7-10-21-14)20(24)22-11-8-16(9-12-22)19(23)15-3-5-18(25-2)6-4-15;/h3-6,14,16-17,21H,7-13H2,1-2H3;1H/t14-,17-;/m0./s1. The summed E-state index contributed by atoms with van der Waals surface area (Å²) in [6, 6.07) is 7.72. The average Bonchev–Trinajstić information content (AvgIpc) is 2.67. The van der Waals surface area contributed by atoms with Gasteiger partial charge in [-0.25, -0.2) is 0 Å². The molecule has 3 rings (SSSR count). The first-order valence-electron chi connectivity index (χ1n) is 9.29. The largest absolute Gasteiger partial charge is 0.497 e. The molecule has 0 aromatic heterocycles. The van der Waals surface area contributed by atoms with Gasteiger partial charge in [0.25, 0.3) is 0 Å².